The zero-order valence-electron chi connectivity index (χ0n) is 18.6. The molecular formula is C21H25N5O5S2. The molecule has 4 rings (SSSR count). The minimum Gasteiger partial charge on any atom is -0.462 e. The number of hydrogen-bond acceptors (Lipinski definition) is 9. The van der Waals surface area contributed by atoms with Crippen molar-refractivity contribution >= 4 is 37.5 Å². The number of nitrogens with one attached hydrogen (secondary N) is 1. The Kier molecular flexibility index (Phi) is 6.61. The van der Waals surface area contributed by atoms with E-state index in [0.29, 0.717) is 52.7 Å². The molecule has 4 heterocycles. The van der Waals surface area contributed by atoms with E-state index in [0.717, 1.165) is 11.3 Å². The van der Waals surface area contributed by atoms with Gasteiger partial charge in [-0.1, -0.05) is 0 Å². The first-order chi connectivity index (χ1) is 15.7. The molecule has 1 N–H and O–H groups in total. The lowest BCUT2D eigenvalue weighted by Crippen LogP contribution is -2.49. The Bertz CT molecular complexity index is 1330. The minimum absolute atomic E-state index is 0.174. The predicted octanol–water partition coefficient (Wildman–Crippen LogP) is 1.93. The number of carbonyl (C=O) groups is 1. The van der Waals surface area contributed by atoms with Crippen LogP contribution in [-0.4, -0.2) is 71.3 Å². The lowest BCUT2D eigenvalue weighted by Gasteiger charge is -2.36. The van der Waals surface area contributed by atoms with Crippen LogP contribution in [0.4, 0.5) is 0 Å². The molecule has 1 saturated heterocycles. The first kappa shape index (κ1) is 23.5. The molecule has 0 aliphatic carbocycles. The van der Waals surface area contributed by atoms with Gasteiger partial charge in [-0.15, -0.1) is 11.3 Å². The topological polar surface area (TPSA) is 126 Å². The number of fused-ring (bicyclic) bond motifs is 1. The van der Waals surface area contributed by atoms with Crippen molar-refractivity contribution in [2.75, 3.05) is 32.8 Å². The number of pyridine rings is 1. The van der Waals surface area contributed by atoms with Gasteiger partial charge in [-0.05, 0) is 38.5 Å². The molecule has 0 unspecified atom stereocenters. The van der Waals surface area contributed by atoms with Gasteiger partial charge in [0.2, 0.25) is 10.0 Å². The van der Waals surface area contributed by atoms with Gasteiger partial charge in [0.15, 0.2) is 0 Å². The molecule has 176 valence electrons. The first-order valence-corrected chi connectivity index (χ1v) is 12.8. The van der Waals surface area contributed by atoms with E-state index in [4.69, 9.17) is 4.74 Å². The van der Waals surface area contributed by atoms with E-state index in [1.165, 1.54) is 22.8 Å². The molecule has 1 aliphatic heterocycles. The Morgan fingerprint density at radius 1 is 1.30 bits per heavy atom. The number of H-pyrrole nitrogens is 1. The maximum atomic E-state index is 12.8. The lowest BCUT2D eigenvalue weighted by atomic mass is 10.2. The number of carbonyl (C=O) groups excluding carboxylic acids is 1. The van der Waals surface area contributed by atoms with Crippen LogP contribution in [0.2, 0.25) is 0 Å². The van der Waals surface area contributed by atoms with Crippen molar-refractivity contribution in [2.45, 2.75) is 31.7 Å². The van der Waals surface area contributed by atoms with Crippen LogP contribution >= 0.6 is 11.3 Å². The summed E-state index contributed by atoms with van der Waals surface area (Å²) in [5.41, 5.74) is 0.263. The third-order valence-electron chi connectivity index (χ3n) is 5.77. The fraction of sp³-hybridized carbons (Fsp3) is 0.429. The highest BCUT2D eigenvalue weighted by molar-refractivity contribution is 7.89. The Morgan fingerprint density at radius 2 is 2.03 bits per heavy atom. The zero-order chi connectivity index (χ0) is 23.8. The molecule has 12 heteroatoms. The lowest BCUT2D eigenvalue weighted by molar-refractivity contribution is 0.0531. The van der Waals surface area contributed by atoms with Gasteiger partial charge < -0.3 is 9.72 Å². The van der Waals surface area contributed by atoms with Crippen molar-refractivity contribution < 1.29 is 17.9 Å². The quantitative estimate of drug-likeness (QED) is 0.519. The standard InChI is InChI=1S/C21H25N5O5S2/c1-4-31-21(28)17-13(2)16-19(27)23-18(24-20(16)32-17)14(3)25-8-10-26(11-9-25)33(29,30)15-6-5-7-22-12-15/h5-7,12,14H,4,8-11H2,1-3H3,(H,23,24,27)/t14-/m0/s1. The molecule has 10 nitrogen and oxygen atoms in total. The molecular weight excluding hydrogens is 466 g/mol. The number of ether oxygens (including phenoxy) is 1. The summed E-state index contributed by atoms with van der Waals surface area (Å²) in [5, 5.41) is 0.395. The summed E-state index contributed by atoms with van der Waals surface area (Å²) in [5.74, 6) is 0.0191. The summed E-state index contributed by atoms with van der Waals surface area (Å²) in [7, 11) is -3.60. The number of hydrogen-bond donors (Lipinski definition) is 1. The summed E-state index contributed by atoms with van der Waals surface area (Å²) in [6, 6.07) is 2.90. The second-order valence-electron chi connectivity index (χ2n) is 7.71. The van der Waals surface area contributed by atoms with Crippen molar-refractivity contribution in [3.8, 4) is 0 Å². The number of rotatable bonds is 6. The largest absolute Gasteiger partial charge is 0.462 e. The Morgan fingerprint density at radius 3 is 2.67 bits per heavy atom. The van der Waals surface area contributed by atoms with E-state index in [9.17, 15) is 18.0 Å². The van der Waals surface area contributed by atoms with Crippen LogP contribution in [0, 0.1) is 6.92 Å². The molecule has 1 atom stereocenters. The van der Waals surface area contributed by atoms with Crippen LogP contribution in [-0.2, 0) is 14.8 Å². The monoisotopic (exact) mass is 491 g/mol. The molecule has 0 radical (unpaired) electrons. The van der Waals surface area contributed by atoms with Crippen molar-refractivity contribution in [3.05, 3.63) is 51.1 Å². The van der Waals surface area contributed by atoms with Crippen molar-refractivity contribution in [3.63, 3.8) is 0 Å². The summed E-state index contributed by atoms with van der Waals surface area (Å²) < 4.78 is 32.2. The van der Waals surface area contributed by atoms with E-state index < -0.39 is 16.0 Å². The fourth-order valence-electron chi connectivity index (χ4n) is 3.90. The van der Waals surface area contributed by atoms with Crippen molar-refractivity contribution in [1.82, 2.24) is 24.2 Å². The van der Waals surface area contributed by atoms with Crippen LogP contribution in [0.5, 0.6) is 0 Å². The summed E-state index contributed by atoms with van der Waals surface area (Å²) in [4.78, 5) is 39.5. The Labute approximate surface area is 195 Å². The second kappa shape index (κ2) is 9.29. The smallest absolute Gasteiger partial charge is 0.348 e. The average molecular weight is 492 g/mol. The Hall–Kier alpha value is -2.67. The van der Waals surface area contributed by atoms with E-state index in [1.807, 2.05) is 6.92 Å². The highest BCUT2D eigenvalue weighted by Crippen LogP contribution is 2.29. The van der Waals surface area contributed by atoms with E-state index >= 15 is 0 Å². The number of aromatic nitrogens is 3. The van der Waals surface area contributed by atoms with Gasteiger partial charge in [-0.3, -0.25) is 14.7 Å². The molecule has 0 bridgehead atoms. The van der Waals surface area contributed by atoms with Crippen LogP contribution in [0.1, 0.15) is 40.9 Å². The zero-order valence-corrected chi connectivity index (χ0v) is 20.2. The summed E-state index contributed by atoms with van der Waals surface area (Å²) in [6.07, 6.45) is 2.88. The first-order valence-electron chi connectivity index (χ1n) is 10.6. The van der Waals surface area contributed by atoms with Crippen LogP contribution in [0.15, 0.2) is 34.2 Å². The number of sulfonamides is 1. The van der Waals surface area contributed by atoms with E-state index in [1.54, 1.807) is 19.9 Å². The number of thiophene rings is 1. The predicted molar refractivity (Wildman–Crippen MR) is 124 cm³/mol. The van der Waals surface area contributed by atoms with Gasteiger partial charge >= 0.3 is 5.97 Å². The molecule has 3 aromatic rings. The van der Waals surface area contributed by atoms with Crippen molar-refractivity contribution in [1.29, 1.82) is 0 Å². The number of nitrogens with zero attached hydrogens (tertiary/aromatic N) is 4. The minimum atomic E-state index is -3.60. The van der Waals surface area contributed by atoms with Crippen molar-refractivity contribution in [2.24, 2.45) is 0 Å². The molecule has 0 aromatic carbocycles. The highest BCUT2D eigenvalue weighted by atomic mass is 32.2. The normalized spacial score (nSPS) is 16.7. The fourth-order valence-corrected chi connectivity index (χ4v) is 6.37. The maximum Gasteiger partial charge on any atom is 0.348 e. The number of aromatic amines is 1. The van der Waals surface area contributed by atoms with Gasteiger partial charge in [0, 0.05) is 38.6 Å². The maximum absolute atomic E-state index is 12.8. The third-order valence-corrected chi connectivity index (χ3v) is 8.82. The van der Waals surface area contributed by atoms with E-state index in [-0.39, 0.29) is 23.1 Å². The summed E-state index contributed by atoms with van der Waals surface area (Å²) in [6.45, 7) is 7.22. The van der Waals surface area contributed by atoms with Gasteiger partial charge in [0.25, 0.3) is 5.56 Å². The van der Waals surface area contributed by atoms with E-state index in [2.05, 4.69) is 19.9 Å². The Balaban J connectivity index is 1.53. The number of esters is 1. The molecule has 1 aliphatic rings. The van der Waals surface area contributed by atoms with Gasteiger partial charge in [0.1, 0.15) is 20.4 Å². The van der Waals surface area contributed by atoms with Gasteiger partial charge in [0.05, 0.1) is 18.0 Å². The third kappa shape index (κ3) is 4.43. The average Bonchev–Trinajstić information content (AvgIpc) is 3.16. The van der Waals surface area contributed by atoms with Crippen LogP contribution < -0.4 is 5.56 Å². The van der Waals surface area contributed by atoms with Crippen LogP contribution in [0.25, 0.3) is 10.2 Å². The molecule has 33 heavy (non-hydrogen) atoms. The number of piperazine rings is 1. The molecule has 0 amide bonds. The highest BCUT2D eigenvalue weighted by Gasteiger charge is 2.31. The molecule has 0 saturated carbocycles. The summed E-state index contributed by atoms with van der Waals surface area (Å²) >= 11 is 1.15. The molecule has 0 spiro atoms. The van der Waals surface area contributed by atoms with Gasteiger partial charge in [-0.25, -0.2) is 18.2 Å². The molecule has 3 aromatic heterocycles. The van der Waals surface area contributed by atoms with Crippen LogP contribution in [0.3, 0.4) is 0 Å². The second-order valence-corrected chi connectivity index (χ2v) is 10.6. The number of aryl methyl sites for hydroxylation is 1. The SMILES string of the molecule is CCOC(=O)c1sc2nc([C@H](C)N3CCN(S(=O)(=O)c4cccnc4)CC3)[nH]c(=O)c2c1C. The van der Waals surface area contributed by atoms with Gasteiger partial charge in [-0.2, -0.15) is 4.31 Å². The molecule has 1 fully saturated rings.